The van der Waals surface area contributed by atoms with Gasteiger partial charge in [0.05, 0.1) is 11.9 Å². The number of anilines is 1. The molecule has 5 nitrogen and oxygen atoms in total. The summed E-state index contributed by atoms with van der Waals surface area (Å²) in [6, 6.07) is 11.9. The van der Waals surface area contributed by atoms with E-state index in [9.17, 15) is 13.2 Å². The number of nitrogens with one attached hydrogen (secondary N) is 1. The lowest BCUT2D eigenvalue weighted by molar-refractivity contribution is -0.122. The van der Waals surface area contributed by atoms with Crippen LogP contribution >= 0.6 is 11.6 Å². The summed E-state index contributed by atoms with van der Waals surface area (Å²) in [5.41, 5.74) is 3.28. The van der Waals surface area contributed by atoms with Crippen LogP contribution in [0.15, 0.2) is 42.5 Å². The first-order valence-corrected chi connectivity index (χ1v) is 11.0. The maximum Gasteiger partial charge on any atom is 0.244 e. The highest BCUT2D eigenvalue weighted by Gasteiger charge is 2.31. The molecule has 1 N–H and O–H groups in total. The molecular formula is C20H25ClN2O3S. The van der Waals surface area contributed by atoms with E-state index in [1.54, 1.807) is 25.1 Å². The number of hydrogen-bond acceptors (Lipinski definition) is 3. The normalized spacial score (nSPS) is 12.5. The fraction of sp³-hybridized carbons (Fsp3) is 0.350. The maximum absolute atomic E-state index is 12.8. The second-order valence-electron chi connectivity index (χ2n) is 6.56. The zero-order valence-electron chi connectivity index (χ0n) is 16.0. The second-order valence-corrected chi connectivity index (χ2v) is 8.83. The highest BCUT2D eigenvalue weighted by molar-refractivity contribution is 7.92. The van der Waals surface area contributed by atoms with Gasteiger partial charge >= 0.3 is 0 Å². The molecule has 1 unspecified atom stereocenters. The van der Waals surface area contributed by atoms with Gasteiger partial charge in [-0.15, -0.1) is 0 Å². The Balaban J connectivity index is 2.30. The predicted octanol–water partition coefficient (Wildman–Crippen LogP) is 3.82. The monoisotopic (exact) mass is 408 g/mol. The van der Waals surface area contributed by atoms with Gasteiger partial charge in [0.2, 0.25) is 15.9 Å². The minimum Gasteiger partial charge on any atom is -0.350 e. The summed E-state index contributed by atoms with van der Waals surface area (Å²) in [5.74, 6) is -0.345. The van der Waals surface area contributed by atoms with Gasteiger partial charge < -0.3 is 5.32 Å². The van der Waals surface area contributed by atoms with E-state index >= 15 is 0 Å². The van der Waals surface area contributed by atoms with Gasteiger partial charge in [-0.05, 0) is 49.1 Å². The van der Waals surface area contributed by atoms with E-state index in [1.807, 2.05) is 38.1 Å². The van der Waals surface area contributed by atoms with Crippen molar-refractivity contribution in [2.45, 2.75) is 39.8 Å². The van der Waals surface area contributed by atoms with Gasteiger partial charge in [0, 0.05) is 11.6 Å². The van der Waals surface area contributed by atoms with Crippen LogP contribution in [0.3, 0.4) is 0 Å². The van der Waals surface area contributed by atoms with Crippen LogP contribution in [0.1, 0.15) is 30.0 Å². The highest BCUT2D eigenvalue weighted by atomic mass is 35.5. The van der Waals surface area contributed by atoms with Crippen molar-refractivity contribution in [1.82, 2.24) is 5.32 Å². The van der Waals surface area contributed by atoms with Crippen molar-refractivity contribution >= 4 is 33.2 Å². The SMILES string of the molecule is CCC(C(=O)NCc1ccccc1C)N(c1ccc(C)c(Cl)c1)S(C)(=O)=O. The molecule has 0 aliphatic carbocycles. The van der Waals surface area contributed by atoms with E-state index in [2.05, 4.69) is 5.32 Å². The summed E-state index contributed by atoms with van der Waals surface area (Å²) >= 11 is 6.17. The zero-order chi connectivity index (χ0) is 20.2. The minimum absolute atomic E-state index is 0.332. The van der Waals surface area contributed by atoms with Crippen LogP contribution in [0.4, 0.5) is 5.69 Å². The van der Waals surface area contributed by atoms with Crippen LogP contribution in [-0.4, -0.2) is 26.6 Å². The average molecular weight is 409 g/mol. The molecule has 27 heavy (non-hydrogen) atoms. The first-order chi connectivity index (χ1) is 12.6. The Bertz CT molecular complexity index is 929. The number of nitrogens with zero attached hydrogens (tertiary/aromatic N) is 1. The van der Waals surface area contributed by atoms with Crippen LogP contribution in [-0.2, 0) is 21.4 Å². The van der Waals surface area contributed by atoms with E-state index < -0.39 is 16.1 Å². The zero-order valence-corrected chi connectivity index (χ0v) is 17.6. The Morgan fingerprint density at radius 3 is 2.37 bits per heavy atom. The number of benzene rings is 2. The molecule has 0 aromatic heterocycles. The number of carbonyl (C=O) groups excluding carboxylic acids is 1. The first-order valence-electron chi connectivity index (χ1n) is 8.73. The summed E-state index contributed by atoms with van der Waals surface area (Å²) in [6.07, 6.45) is 1.43. The van der Waals surface area contributed by atoms with Gasteiger partial charge in [-0.3, -0.25) is 9.10 Å². The van der Waals surface area contributed by atoms with Crippen molar-refractivity contribution in [2.24, 2.45) is 0 Å². The molecule has 0 heterocycles. The van der Waals surface area contributed by atoms with Crippen LogP contribution in [0.5, 0.6) is 0 Å². The lowest BCUT2D eigenvalue weighted by atomic mass is 10.1. The molecule has 0 fully saturated rings. The lowest BCUT2D eigenvalue weighted by Gasteiger charge is -2.30. The number of aryl methyl sites for hydroxylation is 2. The van der Waals surface area contributed by atoms with E-state index in [1.165, 1.54) is 0 Å². The van der Waals surface area contributed by atoms with Gasteiger partial charge in [0.15, 0.2) is 0 Å². The Kier molecular flexibility index (Phi) is 6.89. The number of carbonyl (C=O) groups is 1. The molecular weight excluding hydrogens is 384 g/mol. The smallest absolute Gasteiger partial charge is 0.244 e. The lowest BCUT2D eigenvalue weighted by Crippen LogP contribution is -2.49. The number of sulfonamides is 1. The topological polar surface area (TPSA) is 66.5 Å². The first kappa shape index (κ1) is 21.3. The number of amides is 1. The standard InChI is InChI=1S/C20H25ClN2O3S/c1-5-19(20(24)22-13-16-9-7-6-8-14(16)2)23(27(4,25)26)17-11-10-15(3)18(21)12-17/h6-12,19H,5,13H2,1-4H3,(H,22,24). The molecule has 0 aliphatic heterocycles. The third-order valence-corrected chi connectivity index (χ3v) is 6.04. The molecule has 2 aromatic carbocycles. The Labute approximate surface area is 166 Å². The molecule has 0 saturated carbocycles. The van der Waals surface area contributed by atoms with Crippen molar-refractivity contribution in [3.05, 3.63) is 64.2 Å². The maximum atomic E-state index is 12.8. The van der Waals surface area contributed by atoms with Crippen LogP contribution < -0.4 is 9.62 Å². The Morgan fingerprint density at radius 2 is 1.81 bits per heavy atom. The summed E-state index contributed by atoms with van der Waals surface area (Å²) in [4.78, 5) is 12.8. The van der Waals surface area contributed by atoms with Gasteiger partial charge in [-0.1, -0.05) is 48.9 Å². The molecule has 7 heteroatoms. The van der Waals surface area contributed by atoms with Crippen molar-refractivity contribution < 1.29 is 13.2 Å². The second kappa shape index (κ2) is 8.76. The quantitative estimate of drug-likeness (QED) is 0.757. The Hall–Kier alpha value is -2.05. The molecule has 1 atom stereocenters. The minimum atomic E-state index is -3.68. The number of hydrogen-bond donors (Lipinski definition) is 1. The van der Waals surface area contributed by atoms with E-state index in [0.29, 0.717) is 23.7 Å². The Morgan fingerprint density at radius 1 is 1.15 bits per heavy atom. The summed E-state index contributed by atoms with van der Waals surface area (Å²) in [7, 11) is -3.68. The number of halogens is 1. The van der Waals surface area contributed by atoms with E-state index in [4.69, 9.17) is 11.6 Å². The largest absolute Gasteiger partial charge is 0.350 e. The summed E-state index contributed by atoms with van der Waals surface area (Å²) in [5, 5.41) is 3.32. The highest BCUT2D eigenvalue weighted by Crippen LogP contribution is 2.27. The number of rotatable bonds is 7. The van der Waals surface area contributed by atoms with Crippen molar-refractivity contribution in [3.63, 3.8) is 0 Å². The molecule has 0 bridgehead atoms. The van der Waals surface area contributed by atoms with Crippen molar-refractivity contribution in [1.29, 1.82) is 0 Å². The van der Waals surface area contributed by atoms with Gasteiger partial charge in [-0.2, -0.15) is 0 Å². The molecule has 0 radical (unpaired) electrons. The fourth-order valence-corrected chi connectivity index (χ4v) is 4.27. The molecule has 146 valence electrons. The third kappa shape index (κ3) is 5.23. The van der Waals surface area contributed by atoms with Crippen LogP contribution in [0.2, 0.25) is 5.02 Å². The fourth-order valence-electron chi connectivity index (χ4n) is 2.89. The van der Waals surface area contributed by atoms with E-state index in [-0.39, 0.29) is 5.91 Å². The van der Waals surface area contributed by atoms with Crippen molar-refractivity contribution in [2.75, 3.05) is 10.6 Å². The van der Waals surface area contributed by atoms with E-state index in [0.717, 1.165) is 27.3 Å². The van der Waals surface area contributed by atoms with Gasteiger partial charge in [0.1, 0.15) is 6.04 Å². The molecule has 2 rings (SSSR count). The van der Waals surface area contributed by atoms with Gasteiger partial charge in [0.25, 0.3) is 0 Å². The van der Waals surface area contributed by atoms with Crippen LogP contribution in [0.25, 0.3) is 0 Å². The molecule has 0 saturated heterocycles. The predicted molar refractivity (Wildman–Crippen MR) is 111 cm³/mol. The summed E-state index contributed by atoms with van der Waals surface area (Å²) in [6.45, 7) is 5.93. The van der Waals surface area contributed by atoms with Crippen LogP contribution in [0, 0.1) is 13.8 Å². The molecule has 0 spiro atoms. The molecule has 1 amide bonds. The summed E-state index contributed by atoms with van der Waals surface area (Å²) < 4.78 is 26.1. The van der Waals surface area contributed by atoms with Gasteiger partial charge in [-0.25, -0.2) is 8.42 Å². The van der Waals surface area contributed by atoms with Crippen molar-refractivity contribution in [3.8, 4) is 0 Å². The molecule has 2 aromatic rings. The average Bonchev–Trinajstić information content (AvgIpc) is 2.60. The third-order valence-electron chi connectivity index (χ3n) is 4.45. The molecule has 0 aliphatic rings.